The molecule has 0 bridgehead atoms. The molecule has 0 saturated carbocycles. The summed E-state index contributed by atoms with van der Waals surface area (Å²) in [5.41, 5.74) is 0.690. The summed E-state index contributed by atoms with van der Waals surface area (Å²) in [7, 11) is 0. The fraction of sp³-hybridized carbons (Fsp3) is 0.188. The van der Waals surface area contributed by atoms with Crippen LogP contribution in [0.4, 0.5) is 8.78 Å². The maximum absolute atomic E-state index is 13.4. The predicted molar refractivity (Wildman–Crippen MR) is 74.8 cm³/mol. The first-order valence-electron chi connectivity index (χ1n) is 6.51. The highest BCUT2D eigenvalue weighted by Gasteiger charge is 2.12. The van der Waals surface area contributed by atoms with E-state index in [-0.39, 0.29) is 24.4 Å². The first-order valence-corrected chi connectivity index (χ1v) is 6.51. The molecule has 21 heavy (non-hydrogen) atoms. The maximum Gasteiger partial charge on any atom is 0.251 e. The number of amides is 1. The third-order valence-corrected chi connectivity index (χ3v) is 3.00. The van der Waals surface area contributed by atoms with Crippen molar-refractivity contribution in [2.45, 2.75) is 12.5 Å². The molecule has 2 aromatic rings. The minimum absolute atomic E-state index is 0.00117. The maximum atomic E-state index is 13.4. The molecule has 3 nitrogen and oxygen atoms in total. The van der Waals surface area contributed by atoms with Gasteiger partial charge in [-0.05, 0) is 23.8 Å². The predicted octanol–water partition coefficient (Wildman–Crippen LogP) is 2.30. The van der Waals surface area contributed by atoms with Crippen LogP contribution in [0.2, 0.25) is 0 Å². The minimum atomic E-state index is -0.947. The number of rotatable bonds is 5. The largest absolute Gasteiger partial charge is 0.391 e. The molecule has 0 aliphatic rings. The van der Waals surface area contributed by atoms with Gasteiger partial charge in [0.1, 0.15) is 11.6 Å². The molecule has 1 atom stereocenters. The van der Waals surface area contributed by atoms with Crippen molar-refractivity contribution in [3.8, 4) is 0 Å². The van der Waals surface area contributed by atoms with Gasteiger partial charge in [-0.25, -0.2) is 8.78 Å². The molecule has 110 valence electrons. The van der Waals surface area contributed by atoms with Gasteiger partial charge in [0, 0.05) is 24.6 Å². The lowest BCUT2D eigenvalue weighted by molar-refractivity contribution is 0.0915. The van der Waals surface area contributed by atoms with E-state index in [4.69, 9.17) is 0 Å². The van der Waals surface area contributed by atoms with Crippen LogP contribution in [0.5, 0.6) is 0 Å². The zero-order valence-corrected chi connectivity index (χ0v) is 11.2. The van der Waals surface area contributed by atoms with E-state index in [9.17, 15) is 18.7 Å². The summed E-state index contributed by atoms with van der Waals surface area (Å²) in [6.07, 6.45) is -0.945. The Balaban J connectivity index is 1.87. The molecule has 1 amide bonds. The van der Waals surface area contributed by atoms with Crippen LogP contribution in [0.3, 0.4) is 0 Å². The second kappa shape index (κ2) is 6.95. The Morgan fingerprint density at radius 3 is 2.52 bits per heavy atom. The molecule has 2 N–H and O–H groups in total. The standard InChI is InChI=1S/C16H15F2NO2/c17-13-7-6-12(15(18)9-13)8-14(20)10-19-16(21)11-4-2-1-3-5-11/h1-7,9,14,20H,8,10H2,(H,19,21)/t14-/m0/s1. The topological polar surface area (TPSA) is 49.3 Å². The van der Waals surface area contributed by atoms with Gasteiger partial charge in [-0.2, -0.15) is 0 Å². The van der Waals surface area contributed by atoms with Gasteiger partial charge in [0.25, 0.3) is 5.91 Å². The highest BCUT2D eigenvalue weighted by Crippen LogP contribution is 2.11. The van der Waals surface area contributed by atoms with Gasteiger partial charge in [-0.15, -0.1) is 0 Å². The number of carbonyl (C=O) groups is 1. The molecular formula is C16H15F2NO2. The number of carbonyl (C=O) groups excluding carboxylic acids is 1. The van der Waals surface area contributed by atoms with Crippen LogP contribution in [-0.2, 0) is 6.42 Å². The van der Waals surface area contributed by atoms with Crippen LogP contribution in [0.25, 0.3) is 0 Å². The molecule has 0 heterocycles. The molecule has 0 aliphatic heterocycles. The summed E-state index contributed by atoms with van der Waals surface area (Å²) in [5, 5.41) is 12.4. The quantitative estimate of drug-likeness (QED) is 0.888. The first-order chi connectivity index (χ1) is 10.1. The Hall–Kier alpha value is -2.27. The fourth-order valence-electron chi connectivity index (χ4n) is 1.92. The van der Waals surface area contributed by atoms with Crippen LogP contribution in [0, 0.1) is 11.6 Å². The molecule has 0 fully saturated rings. The van der Waals surface area contributed by atoms with Crippen molar-refractivity contribution in [1.29, 1.82) is 0 Å². The lowest BCUT2D eigenvalue weighted by atomic mass is 10.1. The summed E-state index contributed by atoms with van der Waals surface area (Å²) in [6, 6.07) is 11.8. The van der Waals surface area contributed by atoms with Gasteiger partial charge < -0.3 is 10.4 Å². The molecule has 2 aromatic carbocycles. The average molecular weight is 291 g/mol. The molecule has 0 radical (unpaired) electrons. The van der Waals surface area contributed by atoms with E-state index >= 15 is 0 Å². The van der Waals surface area contributed by atoms with E-state index in [1.165, 1.54) is 6.07 Å². The van der Waals surface area contributed by atoms with Crippen LogP contribution in [0.15, 0.2) is 48.5 Å². The van der Waals surface area contributed by atoms with E-state index < -0.39 is 17.7 Å². The molecule has 0 spiro atoms. The minimum Gasteiger partial charge on any atom is -0.391 e. The molecule has 2 rings (SSSR count). The number of benzene rings is 2. The molecule has 0 aliphatic carbocycles. The number of hydrogen-bond acceptors (Lipinski definition) is 2. The molecule has 0 unspecified atom stereocenters. The van der Waals surface area contributed by atoms with Crippen LogP contribution in [-0.4, -0.2) is 23.7 Å². The number of hydrogen-bond donors (Lipinski definition) is 2. The van der Waals surface area contributed by atoms with Crippen molar-refractivity contribution in [2.75, 3.05) is 6.54 Å². The van der Waals surface area contributed by atoms with Crippen molar-refractivity contribution in [1.82, 2.24) is 5.32 Å². The van der Waals surface area contributed by atoms with Crippen LogP contribution < -0.4 is 5.32 Å². The van der Waals surface area contributed by atoms with Gasteiger partial charge in [-0.1, -0.05) is 24.3 Å². The number of halogens is 2. The Morgan fingerprint density at radius 2 is 1.86 bits per heavy atom. The SMILES string of the molecule is O=C(NC[C@@H](O)Cc1ccc(F)cc1F)c1ccccc1. The number of nitrogens with one attached hydrogen (secondary N) is 1. The van der Waals surface area contributed by atoms with Gasteiger partial charge >= 0.3 is 0 Å². The highest BCUT2D eigenvalue weighted by atomic mass is 19.1. The normalized spacial score (nSPS) is 12.0. The van der Waals surface area contributed by atoms with Crippen molar-refractivity contribution in [2.24, 2.45) is 0 Å². The van der Waals surface area contributed by atoms with Crippen molar-refractivity contribution < 1.29 is 18.7 Å². The summed E-state index contributed by atoms with van der Waals surface area (Å²) >= 11 is 0. The van der Waals surface area contributed by atoms with E-state index in [1.54, 1.807) is 30.3 Å². The van der Waals surface area contributed by atoms with E-state index in [2.05, 4.69) is 5.32 Å². The Morgan fingerprint density at radius 1 is 1.14 bits per heavy atom. The summed E-state index contributed by atoms with van der Waals surface area (Å²) in [6.45, 7) is -0.00938. The van der Waals surface area contributed by atoms with Gasteiger partial charge in [0.05, 0.1) is 6.10 Å². The van der Waals surface area contributed by atoms with E-state index in [0.717, 1.165) is 12.1 Å². The number of aliphatic hydroxyl groups excluding tert-OH is 1. The Labute approximate surface area is 121 Å². The highest BCUT2D eigenvalue weighted by molar-refractivity contribution is 5.94. The monoisotopic (exact) mass is 291 g/mol. The van der Waals surface area contributed by atoms with Gasteiger partial charge in [-0.3, -0.25) is 4.79 Å². The average Bonchev–Trinajstić information content (AvgIpc) is 2.48. The van der Waals surface area contributed by atoms with Crippen molar-refractivity contribution in [3.05, 3.63) is 71.3 Å². The van der Waals surface area contributed by atoms with Gasteiger partial charge in [0.2, 0.25) is 0 Å². The summed E-state index contributed by atoms with van der Waals surface area (Å²) in [5.74, 6) is -1.68. The molecular weight excluding hydrogens is 276 g/mol. The van der Waals surface area contributed by atoms with Crippen LogP contribution in [0.1, 0.15) is 15.9 Å². The smallest absolute Gasteiger partial charge is 0.251 e. The molecule has 0 aromatic heterocycles. The molecule has 0 saturated heterocycles. The van der Waals surface area contributed by atoms with Crippen molar-refractivity contribution >= 4 is 5.91 Å². The zero-order chi connectivity index (χ0) is 15.2. The summed E-state index contributed by atoms with van der Waals surface area (Å²) in [4.78, 5) is 11.8. The third-order valence-electron chi connectivity index (χ3n) is 3.00. The second-order valence-corrected chi connectivity index (χ2v) is 4.67. The van der Waals surface area contributed by atoms with Gasteiger partial charge in [0.15, 0.2) is 0 Å². The van der Waals surface area contributed by atoms with Crippen LogP contribution >= 0.6 is 0 Å². The lowest BCUT2D eigenvalue weighted by Gasteiger charge is -2.12. The zero-order valence-electron chi connectivity index (χ0n) is 11.2. The number of aliphatic hydroxyl groups is 1. The lowest BCUT2D eigenvalue weighted by Crippen LogP contribution is -2.33. The Bertz CT molecular complexity index is 617. The second-order valence-electron chi connectivity index (χ2n) is 4.67. The van der Waals surface area contributed by atoms with Crippen molar-refractivity contribution in [3.63, 3.8) is 0 Å². The van der Waals surface area contributed by atoms with E-state index in [1.807, 2.05) is 0 Å². The Kier molecular flexibility index (Phi) is 5.00. The third kappa shape index (κ3) is 4.36. The first kappa shape index (κ1) is 15.1. The molecule has 5 heteroatoms. The van der Waals surface area contributed by atoms with E-state index in [0.29, 0.717) is 5.56 Å². The fourth-order valence-corrected chi connectivity index (χ4v) is 1.92. The summed E-state index contributed by atoms with van der Waals surface area (Å²) < 4.78 is 26.2.